The molecule has 136 valence electrons. The molecule has 25 heavy (non-hydrogen) atoms. The van der Waals surface area contributed by atoms with Gasteiger partial charge < -0.3 is 15.3 Å². The molecule has 0 aliphatic carbocycles. The largest absolute Gasteiger partial charge is 0.480 e. The van der Waals surface area contributed by atoms with Crippen molar-refractivity contribution in [1.29, 1.82) is 0 Å². The molecule has 0 bridgehead atoms. The molecule has 1 aliphatic rings. The fraction of sp³-hybridized carbons (Fsp3) is 0.375. The van der Waals surface area contributed by atoms with Crippen molar-refractivity contribution in [3.05, 3.63) is 35.4 Å². The predicted octanol–water partition coefficient (Wildman–Crippen LogP) is 1.72. The van der Waals surface area contributed by atoms with Crippen molar-refractivity contribution >= 4 is 36.5 Å². The quantitative estimate of drug-likeness (QED) is 0.451. The molecular weight excluding hydrogens is 350 g/mol. The number of carbonyl (C=O) groups excluding carboxylic acids is 2. The van der Waals surface area contributed by atoms with Crippen LogP contribution < -0.4 is 5.32 Å². The van der Waals surface area contributed by atoms with Crippen LogP contribution in [0.1, 0.15) is 31.9 Å². The van der Waals surface area contributed by atoms with Crippen molar-refractivity contribution in [2.24, 2.45) is 5.16 Å². The first kappa shape index (κ1) is 20.4. The van der Waals surface area contributed by atoms with Gasteiger partial charge in [-0.05, 0) is 31.9 Å². The van der Waals surface area contributed by atoms with Crippen LogP contribution in [-0.4, -0.2) is 46.8 Å². The lowest BCUT2D eigenvalue weighted by molar-refractivity contribution is -0.147. The number of hydrogen-bond acceptors (Lipinski definition) is 5. The number of aliphatic carboxylic acids is 1. The van der Waals surface area contributed by atoms with Crippen molar-refractivity contribution in [1.82, 2.24) is 10.2 Å². The number of urea groups is 1. The number of hydrogen-bond donors (Lipinski definition) is 2. The van der Waals surface area contributed by atoms with E-state index >= 15 is 0 Å². The monoisotopic (exact) mass is 369 g/mol. The lowest BCUT2D eigenvalue weighted by atomic mass is 9.91. The number of rotatable bonds is 6. The molecule has 9 heteroatoms. The highest BCUT2D eigenvalue weighted by molar-refractivity contribution is 6.09. The second kappa shape index (κ2) is 7.98. The number of nitrogens with zero attached hydrogens (tertiary/aromatic N) is 2. The summed E-state index contributed by atoms with van der Waals surface area (Å²) in [5.74, 6) is -1.84. The first-order valence-corrected chi connectivity index (χ1v) is 7.45. The highest BCUT2D eigenvalue weighted by atomic mass is 35.5. The molecule has 2 rings (SSSR count). The average Bonchev–Trinajstić information content (AvgIpc) is 2.78. The molecular formula is C16H20ClN3O5. The van der Waals surface area contributed by atoms with Gasteiger partial charge in [0.15, 0.2) is 0 Å². The number of nitrogens with one attached hydrogen (secondary N) is 1. The first-order valence-electron chi connectivity index (χ1n) is 7.45. The zero-order valence-corrected chi connectivity index (χ0v) is 14.9. The third-order valence-electron chi connectivity index (χ3n) is 3.86. The maximum Gasteiger partial charge on any atom is 0.326 e. The fourth-order valence-corrected chi connectivity index (χ4v) is 2.39. The summed E-state index contributed by atoms with van der Waals surface area (Å²) in [4.78, 5) is 41.4. The van der Waals surface area contributed by atoms with Crippen molar-refractivity contribution < 1.29 is 24.3 Å². The number of halogens is 1. The fourth-order valence-electron chi connectivity index (χ4n) is 2.39. The van der Waals surface area contributed by atoms with Crippen LogP contribution in [0.5, 0.6) is 0 Å². The van der Waals surface area contributed by atoms with Gasteiger partial charge >= 0.3 is 12.0 Å². The summed E-state index contributed by atoms with van der Waals surface area (Å²) in [6.07, 6.45) is 1.53. The van der Waals surface area contributed by atoms with E-state index in [1.54, 1.807) is 31.2 Å². The van der Waals surface area contributed by atoms with Gasteiger partial charge in [-0.15, -0.1) is 12.4 Å². The maximum atomic E-state index is 12.6. The van der Waals surface area contributed by atoms with E-state index in [0.717, 1.165) is 10.5 Å². The number of imide groups is 1. The summed E-state index contributed by atoms with van der Waals surface area (Å²) in [5, 5.41) is 15.4. The minimum absolute atomic E-state index is 0. The third-order valence-corrected chi connectivity index (χ3v) is 3.86. The standard InChI is InChI=1S/C16H19N3O5.ClH/c1-4-24-17-9-11-5-7-12(8-6-11)16(3)14(22)19(15(23)18-16)10(2)13(20)21;/h5-10H,4H2,1-3H3,(H,18,23)(H,20,21);1H/t10-,16+;/m0./s1. The van der Waals surface area contributed by atoms with Gasteiger partial charge in [0, 0.05) is 0 Å². The molecule has 2 atom stereocenters. The Kier molecular flexibility index (Phi) is 6.52. The zero-order chi connectivity index (χ0) is 17.9. The van der Waals surface area contributed by atoms with Crippen LogP contribution >= 0.6 is 12.4 Å². The van der Waals surface area contributed by atoms with Crippen molar-refractivity contribution in [3.63, 3.8) is 0 Å². The molecule has 0 aromatic heterocycles. The van der Waals surface area contributed by atoms with Gasteiger partial charge in [-0.25, -0.2) is 14.5 Å². The number of benzene rings is 1. The maximum absolute atomic E-state index is 12.6. The Morgan fingerprint density at radius 3 is 2.52 bits per heavy atom. The zero-order valence-electron chi connectivity index (χ0n) is 14.1. The Morgan fingerprint density at radius 2 is 2.00 bits per heavy atom. The van der Waals surface area contributed by atoms with E-state index in [0.29, 0.717) is 12.2 Å². The molecule has 3 amide bonds. The van der Waals surface area contributed by atoms with Crippen LogP contribution in [0.25, 0.3) is 0 Å². The average molecular weight is 370 g/mol. The van der Waals surface area contributed by atoms with Crippen LogP contribution in [-0.2, 0) is 20.0 Å². The number of oxime groups is 1. The topological polar surface area (TPSA) is 108 Å². The van der Waals surface area contributed by atoms with E-state index in [4.69, 9.17) is 9.94 Å². The molecule has 1 heterocycles. The van der Waals surface area contributed by atoms with Gasteiger partial charge in [-0.2, -0.15) is 0 Å². The van der Waals surface area contributed by atoms with Gasteiger partial charge in [0.25, 0.3) is 5.91 Å². The van der Waals surface area contributed by atoms with Crippen LogP contribution in [0.3, 0.4) is 0 Å². The van der Waals surface area contributed by atoms with E-state index < -0.39 is 29.5 Å². The molecule has 8 nitrogen and oxygen atoms in total. The molecule has 2 N–H and O–H groups in total. The minimum Gasteiger partial charge on any atom is -0.480 e. The van der Waals surface area contributed by atoms with Gasteiger partial charge in [-0.1, -0.05) is 29.4 Å². The third kappa shape index (κ3) is 3.90. The number of amides is 3. The Labute approximate surface area is 151 Å². The van der Waals surface area contributed by atoms with Gasteiger partial charge in [-0.3, -0.25) is 4.79 Å². The predicted molar refractivity (Wildman–Crippen MR) is 92.7 cm³/mol. The SMILES string of the molecule is CCON=Cc1ccc([C@@]2(C)NC(=O)N([C@@H](C)C(=O)O)C2=O)cc1.Cl. The lowest BCUT2D eigenvalue weighted by Gasteiger charge is -2.23. The normalized spacial score (nSPS) is 21.0. The summed E-state index contributed by atoms with van der Waals surface area (Å²) in [5.41, 5.74) is 0.00829. The molecule has 0 spiro atoms. The first-order chi connectivity index (χ1) is 11.3. The summed E-state index contributed by atoms with van der Waals surface area (Å²) in [7, 11) is 0. The molecule has 0 saturated carbocycles. The van der Waals surface area contributed by atoms with Crippen LogP contribution in [0.2, 0.25) is 0 Å². The Bertz CT molecular complexity index is 692. The highest BCUT2D eigenvalue weighted by Gasteiger charge is 2.51. The molecule has 1 saturated heterocycles. The van der Waals surface area contributed by atoms with Crippen LogP contribution in [0, 0.1) is 0 Å². The minimum atomic E-state index is -1.31. The smallest absolute Gasteiger partial charge is 0.326 e. The second-order valence-corrected chi connectivity index (χ2v) is 5.52. The number of carboxylic acid groups (broad SMARTS) is 1. The molecule has 1 aromatic carbocycles. The second-order valence-electron chi connectivity index (χ2n) is 5.52. The van der Waals surface area contributed by atoms with Gasteiger partial charge in [0.05, 0.1) is 6.21 Å². The number of carboxylic acids is 1. The molecule has 1 fully saturated rings. The summed E-state index contributed by atoms with van der Waals surface area (Å²) in [6.45, 7) is 5.12. The lowest BCUT2D eigenvalue weighted by Crippen LogP contribution is -2.45. The Balaban J connectivity index is 0.00000312. The summed E-state index contributed by atoms with van der Waals surface area (Å²) < 4.78 is 0. The Hall–Kier alpha value is -2.61. The van der Waals surface area contributed by atoms with E-state index in [9.17, 15) is 14.4 Å². The van der Waals surface area contributed by atoms with E-state index in [1.807, 2.05) is 6.92 Å². The van der Waals surface area contributed by atoms with Gasteiger partial charge in [0.1, 0.15) is 18.2 Å². The van der Waals surface area contributed by atoms with Crippen LogP contribution in [0.4, 0.5) is 4.79 Å². The van der Waals surface area contributed by atoms with Crippen molar-refractivity contribution in [2.45, 2.75) is 32.4 Å². The Morgan fingerprint density at radius 1 is 1.40 bits per heavy atom. The number of carbonyl (C=O) groups is 3. The molecule has 1 aliphatic heterocycles. The molecule has 0 radical (unpaired) electrons. The van der Waals surface area contributed by atoms with Crippen molar-refractivity contribution in [2.75, 3.05) is 6.61 Å². The van der Waals surface area contributed by atoms with Crippen molar-refractivity contribution in [3.8, 4) is 0 Å². The van der Waals surface area contributed by atoms with E-state index in [-0.39, 0.29) is 12.4 Å². The molecule has 0 unspecified atom stereocenters. The van der Waals surface area contributed by atoms with Gasteiger partial charge in [0.2, 0.25) is 0 Å². The molecule has 1 aromatic rings. The van der Waals surface area contributed by atoms with E-state index in [1.165, 1.54) is 13.1 Å². The van der Waals surface area contributed by atoms with E-state index in [2.05, 4.69) is 10.5 Å². The highest BCUT2D eigenvalue weighted by Crippen LogP contribution is 2.30. The summed E-state index contributed by atoms with van der Waals surface area (Å²) in [6, 6.07) is 4.86. The summed E-state index contributed by atoms with van der Waals surface area (Å²) >= 11 is 0. The van der Waals surface area contributed by atoms with Crippen LogP contribution in [0.15, 0.2) is 29.4 Å².